The van der Waals surface area contributed by atoms with Gasteiger partial charge in [0, 0.05) is 23.0 Å². The predicted octanol–water partition coefficient (Wildman–Crippen LogP) is 1.12. The minimum absolute atomic E-state index is 0.0419. The Morgan fingerprint density at radius 1 is 1.43 bits per heavy atom. The monoisotopic (exact) mass is 331 g/mol. The summed E-state index contributed by atoms with van der Waals surface area (Å²) >= 11 is 5.99. The average Bonchev–Trinajstić information content (AvgIpc) is 2.78. The van der Waals surface area contributed by atoms with Crippen molar-refractivity contribution < 1.29 is 18.3 Å². The van der Waals surface area contributed by atoms with E-state index in [0.29, 0.717) is 11.6 Å². The van der Waals surface area contributed by atoms with Gasteiger partial charge in [-0.1, -0.05) is 35.9 Å². The highest BCUT2D eigenvalue weighted by atomic mass is 35.5. The maximum absolute atomic E-state index is 11.2. The molecule has 0 saturated heterocycles. The topological polar surface area (TPSA) is 75.6 Å². The number of ether oxygens (including phenoxy) is 1. The van der Waals surface area contributed by atoms with Crippen molar-refractivity contribution in [1.29, 1.82) is 0 Å². The molecule has 2 atom stereocenters. The fraction of sp³-hybridized carbons (Fsp3) is 0.429. The lowest BCUT2D eigenvalue weighted by Crippen LogP contribution is -2.38. The number of nitrogens with one attached hydrogen (secondary N) is 1. The van der Waals surface area contributed by atoms with Crippen molar-refractivity contribution in [3.05, 3.63) is 46.3 Å². The van der Waals surface area contributed by atoms with Crippen LogP contribution < -0.4 is 5.32 Å². The van der Waals surface area contributed by atoms with Gasteiger partial charge >= 0.3 is 0 Å². The van der Waals surface area contributed by atoms with Gasteiger partial charge in [-0.15, -0.1) is 0 Å². The molecule has 2 unspecified atom stereocenters. The van der Waals surface area contributed by atoms with E-state index in [2.05, 4.69) is 5.32 Å². The molecule has 0 radical (unpaired) electrons. The van der Waals surface area contributed by atoms with Crippen molar-refractivity contribution in [2.45, 2.75) is 18.8 Å². The van der Waals surface area contributed by atoms with Crippen LogP contribution in [0.3, 0.4) is 0 Å². The van der Waals surface area contributed by atoms with E-state index in [-0.39, 0.29) is 24.9 Å². The van der Waals surface area contributed by atoms with Crippen LogP contribution in [0.1, 0.15) is 5.56 Å². The molecule has 0 spiro atoms. The van der Waals surface area contributed by atoms with Gasteiger partial charge in [-0.3, -0.25) is 0 Å². The third-order valence-corrected chi connectivity index (χ3v) is 4.84. The second kappa shape index (κ2) is 7.38. The minimum atomic E-state index is -3.07. The second-order valence-corrected chi connectivity index (χ2v) is 7.27. The Kier molecular flexibility index (Phi) is 5.78. The quantitative estimate of drug-likeness (QED) is 0.783. The normalized spacial score (nSPS) is 21.5. The van der Waals surface area contributed by atoms with Crippen molar-refractivity contribution in [2.24, 2.45) is 0 Å². The molecule has 21 heavy (non-hydrogen) atoms. The molecule has 0 fully saturated rings. The Bertz CT molecular complexity index is 603. The smallest absolute Gasteiger partial charge is 0.173 e. The Hall–Kier alpha value is -0.920. The number of hydrogen-bond donors (Lipinski definition) is 2. The van der Waals surface area contributed by atoms with Crippen molar-refractivity contribution in [1.82, 2.24) is 5.32 Å². The number of sulfone groups is 1. The molecule has 0 saturated carbocycles. The fourth-order valence-electron chi connectivity index (χ4n) is 1.97. The molecule has 1 aliphatic rings. The Morgan fingerprint density at radius 2 is 2.19 bits per heavy atom. The highest BCUT2D eigenvalue weighted by Crippen LogP contribution is 2.15. The lowest BCUT2D eigenvalue weighted by atomic mass is 10.2. The van der Waals surface area contributed by atoms with Crippen LogP contribution in [0.15, 0.2) is 35.7 Å². The first-order valence-electron chi connectivity index (χ1n) is 6.60. The third-order valence-electron chi connectivity index (χ3n) is 3.07. The van der Waals surface area contributed by atoms with Gasteiger partial charge in [0.25, 0.3) is 0 Å². The molecule has 1 heterocycles. The number of aliphatic hydroxyl groups is 1. The molecule has 0 aliphatic carbocycles. The summed E-state index contributed by atoms with van der Waals surface area (Å²) in [5, 5.41) is 14.6. The van der Waals surface area contributed by atoms with Crippen LogP contribution in [-0.4, -0.2) is 44.6 Å². The summed E-state index contributed by atoms with van der Waals surface area (Å²) in [6, 6.07) is 7.11. The summed E-state index contributed by atoms with van der Waals surface area (Å²) in [5.41, 5.74) is 0.865. The van der Waals surface area contributed by atoms with Gasteiger partial charge in [0.15, 0.2) is 9.84 Å². The molecular formula is C14H18ClNO4S. The van der Waals surface area contributed by atoms with Gasteiger partial charge in [-0.25, -0.2) is 8.42 Å². The van der Waals surface area contributed by atoms with Gasteiger partial charge in [-0.2, -0.15) is 0 Å². The summed E-state index contributed by atoms with van der Waals surface area (Å²) in [4.78, 5) is 0. The number of rotatable bonds is 7. The van der Waals surface area contributed by atoms with Crippen LogP contribution in [-0.2, 0) is 21.2 Å². The van der Waals surface area contributed by atoms with E-state index < -0.39 is 15.9 Å². The van der Waals surface area contributed by atoms with Crippen molar-refractivity contribution in [3.63, 3.8) is 0 Å². The molecular weight excluding hydrogens is 314 g/mol. The molecule has 1 aliphatic heterocycles. The first kappa shape index (κ1) is 16.5. The lowest BCUT2D eigenvalue weighted by Gasteiger charge is -2.15. The average molecular weight is 332 g/mol. The summed E-state index contributed by atoms with van der Waals surface area (Å²) in [7, 11) is -3.07. The molecule has 0 amide bonds. The Morgan fingerprint density at radius 3 is 2.86 bits per heavy atom. The molecule has 7 heteroatoms. The molecule has 0 bridgehead atoms. The van der Waals surface area contributed by atoms with Gasteiger partial charge in [0.2, 0.25) is 0 Å². The van der Waals surface area contributed by atoms with E-state index in [4.69, 9.17) is 16.3 Å². The first-order chi connectivity index (χ1) is 9.96. The van der Waals surface area contributed by atoms with Crippen molar-refractivity contribution in [2.75, 3.05) is 18.9 Å². The zero-order valence-corrected chi connectivity index (χ0v) is 13.0. The van der Waals surface area contributed by atoms with Crippen LogP contribution in [0, 0.1) is 0 Å². The van der Waals surface area contributed by atoms with E-state index in [1.807, 2.05) is 18.2 Å². The molecule has 1 aromatic carbocycles. The van der Waals surface area contributed by atoms with E-state index in [1.165, 1.54) is 5.41 Å². The molecule has 0 aromatic heterocycles. The predicted molar refractivity (Wildman–Crippen MR) is 81.8 cm³/mol. The van der Waals surface area contributed by atoms with Gasteiger partial charge in [0.1, 0.15) is 0 Å². The molecule has 116 valence electrons. The number of aliphatic hydroxyl groups excluding tert-OH is 1. The first-order valence-corrected chi connectivity index (χ1v) is 8.69. The summed E-state index contributed by atoms with van der Waals surface area (Å²) < 4.78 is 27.8. The zero-order chi connectivity index (χ0) is 15.3. The van der Waals surface area contributed by atoms with E-state index in [9.17, 15) is 13.5 Å². The van der Waals surface area contributed by atoms with Crippen molar-refractivity contribution in [3.8, 4) is 0 Å². The Labute approximate surface area is 129 Å². The maximum Gasteiger partial charge on any atom is 0.173 e. The fourth-order valence-corrected chi connectivity index (χ4v) is 3.43. The van der Waals surface area contributed by atoms with Crippen LogP contribution in [0.5, 0.6) is 0 Å². The molecule has 5 nitrogen and oxygen atoms in total. The zero-order valence-electron chi connectivity index (χ0n) is 11.4. The number of hydrogen-bond acceptors (Lipinski definition) is 5. The van der Waals surface area contributed by atoms with E-state index in [1.54, 1.807) is 12.1 Å². The lowest BCUT2D eigenvalue weighted by molar-refractivity contribution is 0.0285. The highest BCUT2D eigenvalue weighted by molar-refractivity contribution is 7.94. The van der Waals surface area contributed by atoms with E-state index >= 15 is 0 Å². The van der Waals surface area contributed by atoms with Gasteiger partial charge in [0.05, 0.1) is 25.1 Å². The third kappa shape index (κ3) is 5.41. The minimum Gasteiger partial charge on any atom is -0.389 e. The largest absolute Gasteiger partial charge is 0.389 e. The van der Waals surface area contributed by atoms with Crippen LogP contribution in [0.25, 0.3) is 0 Å². The van der Waals surface area contributed by atoms with E-state index in [0.717, 1.165) is 5.56 Å². The highest BCUT2D eigenvalue weighted by Gasteiger charge is 2.21. The SMILES string of the molecule is O=S1(=O)C=CC(NCC(O)COCc2ccccc2Cl)C1. The second-order valence-electron chi connectivity index (χ2n) is 4.93. The van der Waals surface area contributed by atoms with Gasteiger partial charge in [-0.05, 0) is 11.6 Å². The summed E-state index contributed by atoms with van der Waals surface area (Å²) in [5.74, 6) is 0.0419. The number of halogens is 1. The maximum atomic E-state index is 11.2. The molecule has 1 aromatic rings. The van der Waals surface area contributed by atoms with Crippen LogP contribution >= 0.6 is 11.6 Å². The molecule has 2 rings (SSSR count). The van der Waals surface area contributed by atoms with Crippen LogP contribution in [0.4, 0.5) is 0 Å². The number of benzene rings is 1. The van der Waals surface area contributed by atoms with Crippen molar-refractivity contribution >= 4 is 21.4 Å². The molecule has 2 N–H and O–H groups in total. The summed E-state index contributed by atoms with van der Waals surface area (Å²) in [6.07, 6.45) is 0.885. The standard InChI is InChI=1S/C14H18ClNO4S/c15-14-4-2-1-3-11(14)8-20-9-13(17)7-16-12-5-6-21(18,19)10-12/h1-6,12-13,16-17H,7-10H2. The van der Waals surface area contributed by atoms with Gasteiger partial charge < -0.3 is 15.2 Å². The van der Waals surface area contributed by atoms with Crippen LogP contribution in [0.2, 0.25) is 5.02 Å². The Balaban J connectivity index is 1.65. The summed E-state index contributed by atoms with van der Waals surface area (Å²) in [6.45, 7) is 0.753.